The summed E-state index contributed by atoms with van der Waals surface area (Å²) in [5.41, 5.74) is -1.99. The Balaban J connectivity index is 1.70. The number of rotatable bonds is 6. The molecule has 190 valence electrons. The summed E-state index contributed by atoms with van der Waals surface area (Å²) in [4.78, 5) is 46.3. The molecule has 1 fully saturated rings. The number of esters is 1. The van der Waals surface area contributed by atoms with Gasteiger partial charge in [-0.3, -0.25) is 14.2 Å². The topological polar surface area (TPSA) is 103 Å². The summed E-state index contributed by atoms with van der Waals surface area (Å²) in [6.07, 6.45) is 2.82. The average molecular weight is 502 g/mol. The lowest BCUT2D eigenvalue weighted by molar-refractivity contribution is -0.136. The Morgan fingerprint density at radius 1 is 1.14 bits per heavy atom. The number of carbonyl (C=O) groups is 2. The molecule has 1 aliphatic carbocycles. The van der Waals surface area contributed by atoms with Crippen LogP contribution in [0.2, 0.25) is 0 Å². The molecule has 4 rings (SSSR count). The number of aromatic nitrogens is 3. The average Bonchev–Trinajstić information content (AvgIpc) is 2.87. The summed E-state index contributed by atoms with van der Waals surface area (Å²) >= 11 is 0. The molecular weight excluding hydrogens is 477 g/mol. The second-order valence-corrected chi connectivity index (χ2v) is 8.82. The molecule has 8 nitrogen and oxygen atoms in total. The third-order valence-corrected chi connectivity index (χ3v) is 6.47. The number of nitrogens with one attached hydrogen (secondary N) is 1. The molecule has 0 aliphatic heterocycles. The lowest BCUT2D eigenvalue weighted by Gasteiger charge is -2.27. The molecule has 36 heavy (non-hydrogen) atoms. The van der Waals surface area contributed by atoms with Crippen molar-refractivity contribution < 1.29 is 27.5 Å². The Morgan fingerprint density at radius 2 is 1.89 bits per heavy atom. The SMILES string of the molecule is COC(=O)c1ccc(NC(=O)[C@H](CC2CCCCC2)n2cnc3c(C(F)(F)F)cccc3c2=O)nc1. The van der Waals surface area contributed by atoms with E-state index in [9.17, 15) is 27.6 Å². The molecule has 1 atom stereocenters. The molecule has 0 bridgehead atoms. The lowest BCUT2D eigenvalue weighted by atomic mass is 9.84. The summed E-state index contributed by atoms with van der Waals surface area (Å²) in [5.74, 6) is -0.799. The van der Waals surface area contributed by atoms with Gasteiger partial charge >= 0.3 is 12.1 Å². The first-order valence-electron chi connectivity index (χ1n) is 11.6. The van der Waals surface area contributed by atoms with Crippen LogP contribution in [0.4, 0.5) is 19.0 Å². The minimum Gasteiger partial charge on any atom is -0.465 e. The number of pyridine rings is 1. The van der Waals surface area contributed by atoms with Crippen molar-refractivity contribution in [2.75, 3.05) is 12.4 Å². The quantitative estimate of drug-likeness (QED) is 0.488. The van der Waals surface area contributed by atoms with Crippen molar-refractivity contribution in [1.29, 1.82) is 0 Å². The van der Waals surface area contributed by atoms with Gasteiger partial charge in [0.25, 0.3) is 5.56 Å². The van der Waals surface area contributed by atoms with Crippen LogP contribution in [0.25, 0.3) is 10.9 Å². The van der Waals surface area contributed by atoms with Gasteiger partial charge in [-0.1, -0.05) is 38.2 Å². The molecular formula is C25H25F3N4O4. The highest BCUT2D eigenvalue weighted by molar-refractivity contribution is 5.94. The van der Waals surface area contributed by atoms with Crippen LogP contribution in [-0.2, 0) is 15.7 Å². The molecule has 0 unspecified atom stereocenters. The van der Waals surface area contributed by atoms with Crippen molar-refractivity contribution in [3.63, 3.8) is 0 Å². The predicted octanol–water partition coefficient (Wildman–Crippen LogP) is 4.75. The van der Waals surface area contributed by atoms with E-state index in [0.29, 0.717) is 6.42 Å². The number of benzene rings is 1. The Bertz CT molecular complexity index is 1320. The number of alkyl halides is 3. The van der Waals surface area contributed by atoms with Gasteiger partial charge in [0.05, 0.1) is 35.5 Å². The number of hydrogen-bond acceptors (Lipinski definition) is 6. The fourth-order valence-corrected chi connectivity index (χ4v) is 4.62. The summed E-state index contributed by atoms with van der Waals surface area (Å²) < 4.78 is 46.1. The number of amides is 1. The van der Waals surface area contributed by atoms with Crippen molar-refractivity contribution in [2.24, 2.45) is 5.92 Å². The largest absolute Gasteiger partial charge is 0.465 e. The Labute approximate surface area is 204 Å². The van der Waals surface area contributed by atoms with Crippen LogP contribution in [0.3, 0.4) is 0 Å². The number of nitrogens with zero attached hydrogens (tertiary/aromatic N) is 3. The highest BCUT2D eigenvalue weighted by atomic mass is 19.4. The van der Waals surface area contributed by atoms with E-state index in [-0.39, 0.29) is 22.7 Å². The number of para-hydroxylation sites is 1. The van der Waals surface area contributed by atoms with Gasteiger partial charge in [0.1, 0.15) is 11.9 Å². The maximum Gasteiger partial charge on any atom is 0.418 e. The van der Waals surface area contributed by atoms with Gasteiger partial charge in [-0.15, -0.1) is 0 Å². The Kier molecular flexibility index (Phi) is 7.37. The molecule has 1 aliphatic rings. The van der Waals surface area contributed by atoms with E-state index >= 15 is 0 Å². The minimum atomic E-state index is -4.67. The Hall–Kier alpha value is -3.76. The molecule has 1 aromatic carbocycles. The summed E-state index contributed by atoms with van der Waals surface area (Å²) in [6, 6.07) is 5.16. The van der Waals surface area contributed by atoms with Gasteiger partial charge in [0.15, 0.2) is 0 Å². The normalized spacial score (nSPS) is 15.4. The molecule has 2 aromatic heterocycles. The minimum absolute atomic E-state index is 0.155. The molecule has 0 spiro atoms. The van der Waals surface area contributed by atoms with Crippen LogP contribution in [-0.4, -0.2) is 33.5 Å². The number of halogens is 3. The van der Waals surface area contributed by atoms with E-state index in [1.807, 2.05) is 0 Å². The molecule has 1 saturated carbocycles. The van der Waals surface area contributed by atoms with Crippen molar-refractivity contribution in [3.05, 3.63) is 64.3 Å². The fourth-order valence-electron chi connectivity index (χ4n) is 4.62. The summed E-state index contributed by atoms with van der Waals surface area (Å²) in [5, 5.41) is 2.44. The fraction of sp³-hybridized carbons (Fsp3) is 0.400. The van der Waals surface area contributed by atoms with Crippen LogP contribution >= 0.6 is 0 Å². The molecule has 1 amide bonds. The number of fused-ring (bicyclic) bond motifs is 1. The van der Waals surface area contributed by atoms with E-state index in [2.05, 4.69) is 20.0 Å². The lowest BCUT2D eigenvalue weighted by Crippen LogP contribution is -2.35. The molecule has 0 saturated heterocycles. The van der Waals surface area contributed by atoms with Crippen LogP contribution in [0.1, 0.15) is 60.5 Å². The van der Waals surface area contributed by atoms with E-state index < -0.39 is 40.7 Å². The van der Waals surface area contributed by atoms with Crippen LogP contribution in [0.15, 0.2) is 47.7 Å². The third-order valence-electron chi connectivity index (χ3n) is 6.47. The maximum atomic E-state index is 13.4. The zero-order valence-electron chi connectivity index (χ0n) is 19.5. The van der Waals surface area contributed by atoms with Crippen LogP contribution < -0.4 is 10.9 Å². The van der Waals surface area contributed by atoms with Gasteiger partial charge < -0.3 is 10.1 Å². The second-order valence-electron chi connectivity index (χ2n) is 8.82. The van der Waals surface area contributed by atoms with E-state index in [4.69, 9.17) is 0 Å². The van der Waals surface area contributed by atoms with Crippen molar-refractivity contribution in [1.82, 2.24) is 14.5 Å². The van der Waals surface area contributed by atoms with E-state index in [1.54, 1.807) is 0 Å². The second kappa shape index (κ2) is 10.5. The van der Waals surface area contributed by atoms with Gasteiger partial charge in [0.2, 0.25) is 5.91 Å². The van der Waals surface area contributed by atoms with Gasteiger partial charge in [0, 0.05) is 6.20 Å². The number of ether oxygens (including phenoxy) is 1. The van der Waals surface area contributed by atoms with Crippen LogP contribution in [0.5, 0.6) is 0 Å². The van der Waals surface area contributed by atoms with Gasteiger partial charge in [-0.2, -0.15) is 13.2 Å². The van der Waals surface area contributed by atoms with Crippen molar-refractivity contribution in [3.8, 4) is 0 Å². The predicted molar refractivity (Wildman–Crippen MR) is 125 cm³/mol. The zero-order valence-corrected chi connectivity index (χ0v) is 19.5. The van der Waals surface area contributed by atoms with Crippen molar-refractivity contribution in [2.45, 2.75) is 50.7 Å². The Morgan fingerprint density at radius 3 is 2.53 bits per heavy atom. The van der Waals surface area contributed by atoms with Crippen molar-refractivity contribution >= 4 is 28.6 Å². The first-order chi connectivity index (χ1) is 17.2. The molecule has 3 aromatic rings. The van der Waals surface area contributed by atoms with Gasteiger partial charge in [-0.05, 0) is 36.6 Å². The summed E-state index contributed by atoms with van der Waals surface area (Å²) in [6.45, 7) is 0. The van der Waals surface area contributed by atoms with Crippen LogP contribution in [0, 0.1) is 5.92 Å². The smallest absolute Gasteiger partial charge is 0.418 e. The van der Waals surface area contributed by atoms with E-state index in [1.165, 1.54) is 31.5 Å². The number of carbonyl (C=O) groups excluding carboxylic acids is 2. The first-order valence-corrected chi connectivity index (χ1v) is 11.6. The molecule has 11 heteroatoms. The first kappa shape index (κ1) is 25.3. The monoisotopic (exact) mass is 502 g/mol. The zero-order chi connectivity index (χ0) is 25.9. The summed E-state index contributed by atoms with van der Waals surface area (Å²) in [7, 11) is 1.24. The molecule has 1 N–H and O–H groups in total. The number of hydrogen-bond donors (Lipinski definition) is 1. The molecule has 0 radical (unpaired) electrons. The molecule has 2 heterocycles. The number of anilines is 1. The highest BCUT2D eigenvalue weighted by Crippen LogP contribution is 2.34. The third kappa shape index (κ3) is 5.39. The maximum absolute atomic E-state index is 13.4. The van der Waals surface area contributed by atoms with E-state index in [0.717, 1.165) is 55.1 Å². The highest BCUT2D eigenvalue weighted by Gasteiger charge is 2.34. The number of methoxy groups -OCH3 is 1. The standard InChI is InChI=1S/C25H25F3N4O4/c1-36-24(35)16-10-11-20(29-13-16)31-22(33)19(12-15-6-3-2-4-7-15)32-14-30-21-17(23(32)34)8-5-9-18(21)25(26,27)28/h5,8-11,13-15,19H,2-4,6-7,12H2,1H3,(H,29,31,33)/t19-/m0/s1. The van der Waals surface area contributed by atoms with Gasteiger partial charge in [-0.25, -0.2) is 14.8 Å².